The molecule has 0 radical (unpaired) electrons. The Morgan fingerprint density at radius 3 is 1.78 bits per heavy atom. The highest BCUT2D eigenvalue weighted by molar-refractivity contribution is 7.67. The monoisotopic (exact) mass is 451 g/mol. The van der Waals surface area contributed by atoms with Gasteiger partial charge in [0, 0.05) is 18.4 Å². The minimum Gasteiger partial charge on any atom is -0.289 e. The zero-order chi connectivity index (χ0) is 23.8. The molecule has 0 aliphatic heterocycles. The molecule has 32 heavy (non-hydrogen) atoms. The Bertz CT molecular complexity index is 1040. The van der Waals surface area contributed by atoms with E-state index in [1.54, 1.807) is 0 Å². The van der Waals surface area contributed by atoms with Crippen molar-refractivity contribution in [1.29, 1.82) is 0 Å². The lowest BCUT2D eigenvalue weighted by Crippen LogP contribution is -2.39. The van der Waals surface area contributed by atoms with Crippen molar-refractivity contribution in [2.24, 2.45) is 0 Å². The third-order valence-electron chi connectivity index (χ3n) is 7.00. The minimum absolute atomic E-state index is 0.0395. The van der Waals surface area contributed by atoms with Crippen LogP contribution in [0.5, 0.6) is 0 Å². The van der Waals surface area contributed by atoms with Crippen molar-refractivity contribution in [3.05, 3.63) is 69.3 Å². The van der Waals surface area contributed by atoms with Gasteiger partial charge in [0.2, 0.25) is 10.9 Å². The standard InChI is InChI=1S/C28H36O3P/c1-18-12-11-13-19(2)23(18)25(29)28(14-9-8-10-15-28)32(31)26(30)24-20(3)16-22(17-21(24)4)27(5,6)7/h11-13,16-17H,8-10,14-15H2,1-7H3/q+1. The van der Waals surface area contributed by atoms with Crippen LogP contribution in [0.3, 0.4) is 0 Å². The van der Waals surface area contributed by atoms with Crippen LogP contribution in [-0.4, -0.2) is 16.5 Å². The van der Waals surface area contributed by atoms with E-state index in [-0.39, 0.29) is 16.7 Å². The summed E-state index contributed by atoms with van der Waals surface area (Å²) in [6.07, 6.45) is 3.69. The van der Waals surface area contributed by atoms with E-state index in [4.69, 9.17) is 0 Å². The molecule has 3 rings (SSSR count). The molecule has 0 bridgehead atoms. The third kappa shape index (κ3) is 4.37. The van der Waals surface area contributed by atoms with Crippen molar-refractivity contribution in [3.8, 4) is 0 Å². The van der Waals surface area contributed by atoms with Crippen LogP contribution in [0.25, 0.3) is 0 Å². The lowest BCUT2D eigenvalue weighted by molar-refractivity contribution is 0.0902. The molecule has 0 heterocycles. The van der Waals surface area contributed by atoms with E-state index in [2.05, 4.69) is 20.8 Å². The lowest BCUT2D eigenvalue weighted by atomic mass is 9.80. The van der Waals surface area contributed by atoms with Gasteiger partial charge in [0.1, 0.15) is 0 Å². The molecule has 170 valence electrons. The van der Waals surface area contributed by atoms with E-state index in [0.717, 1.165) is 47.1 Å². The lowest BCUT2D eigenvalue weighted by Gasteiger charge is -2.28. The van der Waals surface area contributed by atoms with E-state index < -0.39 is 13.0 Å². The number of carbonyl (C=O) groups excluding carboxylic acids is 2. The molecule has 4 heteroatoms. The number of ketones is 1. The summed E-state index contributed by atoms with van der Waals surface area (Å²) in [5, 5.41) is -1.11. The van der Waals surface area contributed by atoms with Crippen molar-refractivity contribution in [2.75, 3.05) is 0 Å². The molecular weight excluding hydrogens is 415 g/mol. The second-order valence-corrected chi connectivity index (χ2v) is 12.4. The molecule has 0 saturated heterocycles. The van der Waals surface area contributed by atoms with E-state index in [1.165, 1.54) is 0 Å². The maximum absolute atomic E-state index is 14.0. The van der Waals surface area contributed by atoms with Crippen LogP contribution in [0.4, 0.5) is 0 Å². The smallest absolute Gasteiger partial charge is 0.289 e. The number of rotatable bonds is 5. The van der Waals surface area contributed by atoms with Crippen molar-refractivity contribution in [1.82, 2.24) is 0 Å². The van der Waals surface area contributed by atoms with Crippen LogP contribution in [0.15, 0.2) is 30.3 Å². The van der Waals surface area contributed by atoms with Gasteiger partial charge in [0.25, 0.3) is 0 Å². The van der Waals surface area contributed by atoms with Gasteiger partial charge in [-0.05, 0) is 73.8 Å². The zero-order valence-corrected chi connectivity index (χ0v) is 21.5. The second-order valence-electron chi connectivity index (χ2n) is 10.5. The van der Waals surface area contributed by atoms with Gasteiger partial charge in [-0.3, -0.25) is 4.79 Å². The third-order valence-corrected chi connectivity index (χ3v) is 9.02. The van der Waals surface area contributed by atoms with E-state index in [9.17, 15) is 14.2 Å². The van der Waals surface area contributed by atoms with Crippen LogP contribution < -0.4 is 0 Å². The van der Waals surface area contributed by atoms with Gasteiger partial charge >= 0.3 is 13.3 Å². The number of Topliss-reactive ketones (excluding diaryl/α,β-unsaturated/α-hetero) is 1. The molecule has 1 fully saturated rings. The van der Waals surface area contributed by atoms with Gasteiger partial charge in [0.15, 0.2) is 0 Å². The first kappa shape index (κ1) is 24.5. The normalized spacial score (nSPS) is 16.5. The highest BCUT2D eigenvalue weighted by atomic mass is 31.1. The molecule has 1 unspecified atom stereocenters. The molecule has 0 N–H and O–H groups in total. The fourth-order valence-electron chi connectivity index (χ4n) is 5.09. The molecule has 0 aromatic heterocycles. The van der Waals surface area contributed by atoms with Gasteiger partial charge in [-0.2, -0.15) is 0 Å². The predicted octanol–water partition coefficient (Wildman–Crippen LogP) is 7.77. The zero-order valence-electron chi connectivity index (χ0n) is 20.6. The molecule has 0 amide bonds. The summed E-state index contributed by atoms with van der Waals surface area (Å²) in [6, 6.07) is 9.84. The maximum Gasteiger partial charge on any atom is 0.434 e. The number of benzene rings is 2. The number of hydrogen-bond acceptors (Lipinski definition) is 3. The number of hydrogen-bond donors (Lipinski definition) is 0. The summed E-state index contributed by atoms with van der Waals surface area (Å²) in [5.41, 5.74) is 5.37. The Morgan fingerprint density at radius 2 is 1.31 bits per heavy atom. The summed E-state index contributed by atoms with van der Waals surface area (Å²) < 4.78 is 14.0. The molecule has 1 atom stereocenters. The van der Waals surface area contributed by atoms with E-state index in [1.807, 2.05) is 58.0 Å². The Balaban J connectivity index is 2.10. The van der Waals surface area contributed by atoms with Gasteiger partial charge in [-0.1, -0.05) is 62.1 Å². The van der Waals surface area contributed by atoms with Crippen LogP contribution >= 0.6 is 7.80 Å². The second kappa shape index (κ2) is 9.02. The van der Waals surface area contributed by atoms with Crippen molar-refractivity contribution in [3.63, 3.8) is 0 Å². The van der Waals surface area contributed by atoms with Crippen LogP contribution in [-0.2, 0) is 9.98 Å². The summed E-state index contributed by atoms with van der Waals surface area (Å²) in [4.78, 5) is 27.7. The Labute approximate surface area is 193 Å². The Hall–Kier alpha value is -2.12. The molecule has 2 aromatic rings. The van der Waals surface area contributed by atoms with E-state index >= 15 is 0 Å². The molecule has 3 nitrogen and oxygen atoms in total. The van der Waals surface area contributed by atoms with Crippen LogP contribution in [0.2, 0.25) is 0 Å². The molecule has 2 aromatic carbocycles. The van der Waals surface area contributed by atoms with Gasteiger partial charge < -0.3 is 0 Å². The number of aryl methyl sites for hydroxylation is 4. The SMILES string of the molecule is Cc1cc(C(C)(C)C)cc(C)c1C(=O)[P+](=O)C1(C(=O)c2c(C)cccc2C)CCCCC1. The summed E-state index contributed by atoms with van der Waals surface area (Å²) in [5.74, 6) is -0.108. The quantitative estimate of drug-likeness (QED) is 0.345. The highest BCUT2D eigenvalue weighted by Gasteiger charge is 2.60. The summed E-state index contributed by atoms with van der Waals surface area (Å²) in [6.45, 7) is 14.1. The first-order valence-corrected chi connectivity index (χ1v) is 12.9. The predicted molar refractivity (Wildman–Crippen MR) is 133 cm³/mol. The average molecular weight is 452 g/mol. The average Bonchev–Trinajstić information content (AvgIpc) is 2.72. The van der Waals surface area contributed by atoms with Crippen LogP contribution in [0.1, 0.15) is 101 Å². The fraction of sp³-hybridized carbons (Fsp3) is 0.500. The van der Waals surface area contributed by atoms with Gasteiger partial charge in [-0.25, -0.2) is 4.79 Å². The minimum atomic E-state index is -2.42. The Morgan fingerprint density at radius 1 is 0.812 bits per heavy atom. The molecular formula is C28H36O3P+. The highest BCUT2D eigenvalue weighted by Crippen LogP contribution is 2.53. The summed E-state index contributed by atoms with van der Waals surface area (Å²) in [7, 11) is -2.42. The Kier molecular flexibility index (Phi) is 6.91. The van der Waals surface area contributed by atoms with Crippen molar-refractivity contribution >= 4 is 19.1 Å². The molecule has 1 aliphatic rings. The largest absolute Gasteiger partial charge is 0.434 e. The topological polar surface area (TPSA) is 51.2 Å². The number of carbonyl (C=O) groups is 2. The molecule has 1 saturated carbocycles. The van der Waals surface area contributed by atoms with Crippen LogP contribution in [0, 0.1) is 27.7 Å². The molecule has 1 aliphatic carbocycles. The maximum atomic E-state index is 14.0. The first-order chi connectivity index (χ1) is 14.9. The first-order valence-electron chi connectivity index (χ1n) is 11.6. The summed E-state index contributed by atoms with van der Waals surface area (Å²) >= 11 is 0. The van der Waals surface area contributed by atoms with Gasteiger partial charge in [-0.15, -0.1) is 0 Å². The van der Waals surface area contributed by atoms with Gasteiger partial charge in [0.05, 0.1) is 5.56 Å². The van der Waals surface area contributed by atoms with Crippen molar-refractivity contribution in [2.45, 2.75) is 91.1 Å². The van der Waals surface area contributed by atoms with Crippen molar-refractivity contribution < 1.29 is 14.2 Å². The fourth-order valence-corrected chi connectivity index (χ4v) is 7.06. The van der Waals surface area contributed by atoms with E-state index in [0.29, 0.717) is 24.0 Å². The molecule has 0 spiro atoms.